The summed E-state index contributed by atoms with van der Waals surface area (Å²) in [6.07, 6.45) is 5.51. The minimum absolute atomic E-state index is 0.239. The van der Waals surface area contributed by atoms with Crippen molar-refractivity contribution >= 4 is 29.6 Å². The van der Waals surface area contributed by atoms with Gasteiger partial charge in [0.25, 0.3) is 0 Å². The lowest BCUT2D eigenvalue weighted by atomic mass is 9.93. The van der Waals surface area contributed by atoms with Gasteiger partial charge in [-0.2, -0.15) is 0 Å². The maximum absolute atomic E-state index is 13.0. The first-order valence-electron chi connectivity index (χ1n) is 10.8. The minimum Gasteiger partial charge on any atom is -0.493 e. The summed E-state index contributed by atoms with van der Waals surface area (Å²) in [5.41, 5.74) is 1.36. The van der Waals surface area contributed by atoms with Crippen LogP contribution >= 0.6 is 0 Å². The lowest BCUT2D eigenvalue weighted by Crippen LogP contribution is -2.30. The molecule has 0 aromatic heterocycles. The molecule has 0 aliphatic carbocycles. The second-order valence-electron chi connectivity index (χ2n) is 7.75. The van der Waals surface area contributed by atoms with Crippen molar-refractivity contribution in [3.8, 4) is 23.0 Å². The lowest BCUT2D eigenvalue weighted by Gasteiger charge is -2.15. The van der Waals surface area contributed by atoms with Crippen molar-refractivity contribution in [3.05, 3.63) is 59.7 Å². The van der Waals surface area contributed by atoms with Gasteiger partial charge in [-0.25, -0.2) is 0 Å². The minimum atomic E-state index is -1.15. The van der Waals surface area contributed by atoms with Crippen molar-refractivity contribution in [2.45, 2.75) is 6.42 Å². The van der Waals surface area contributed by atoms with Gasteiger partial charge in [0.15, 0.2) is 34.6 Å². The van der Waals surface area contributed by atoms with Crippen LogP contribution in [0.3, 0.4) is 0 Å². The average molecular weight is 482 g/mol. The van der Waals surface area contributed by atoms with E-state index in [-0.39, 0.29) is 12.3 Å². The van der Waals surface area contributed by atoms with Gasteiger partial charge in [-0.1, -0.05) is 24.3 Å². The SMILES string of the molecule is COc1ccc(/C=C/C(=O)C(CC(=O)N(C)C)C(=O)/C=C/c2ccc(OC)c(OC)c2)cc1OC. The highest BCUT2D eigenvalue weighted by atomic mass is 16.5. The first-order chi connectivity index (χ1) is 16.7. The van der Waals surface area contributed by atoms with E-state index < -0.39 is 17.5 Å². The van der Waals surface area contributed by atoms with Crippen LogP contribution in [0.4, 0.5) is 0 Å². The van der Waals surface area contributed by atoms with Crippen molar-refractivity contribution in [1.29, 1.82) is 0 Å². The highest BCUT2D eigenvalue weighted by Gasteiger charge is 2.26. The number of hydrogen-bond donors (Lipinski definition) is 0. The van der Waals surface area contributed by atoms with Crippen LogP contribution in [0.25, 0.3) is 12.2 Å². The quantitative estimate of drug-likeness (QED) is 0.337. The Morgan fingerprint density at radius 1 is 0.714 bits per heavy atom. The predicted octanol–water partition coefficient (Wildman–Crippen LogP) is 3.68. The molecule has 35 heavy (non-hydrogen) atoms. The van der Waals surface area contributed by atoms with Crippen LogP contribution in [0.2, 0.25) is 0 Å². The largest absolute Gasteiger partial charge is 0.493 e. The highest BCUT2D eigenvalue weighted by molar-refractivity contribution is 6.15. The number of ether oxygens (including phenoxy) is 4. The number of methoxy groups -OCH3 is 4. The fraction of sp³-hybridized carbons (Fsp3) is 0.296. The number of benzene rings is 2. The number of allylic oxidation sites excluding steroid dienone is 2. The standard InChI is InChI=1S/C27H31NO7/c1-28(2)27(31)17-20(21(29)11-7-18-9-13-23(32-3)25(15-18)34-5)22(30)12-8-19-10-14-24(33-4)26(16-19)35-6/h7-16,20H,17H2,1-6H3/b11-7+,12-8+. The Morgan fingerprint density at radius 3 is 1.46 bits per heavy atom. The van der Waals surface area contributed by atoms with Crippen LogP contribution in [0.1, 0.15) is 17.5 Å². The summed E-state index contributed by atoms with van der Waals surface area (Å²) >= 11 is 0. The third-order valence-electron chi connectivity index (χ3n) is 5.26. The number of ketones is 2. The van der Waals surface area contributed by atoms with Crippen LogP contribution in [-0.4, -0.2) is 64.9 Å². The zero-order valence-corrected chi connectivity index (χ0v) is 20.9. The second-order valence-corrected chi connectivity index (χ2v) is 7.75. The zero-order chi connectivity index (χ0) is 26.0. The third kappa shape index (κ3) is 7.46. The van der Waals surface area contributed by atoms with Crippen LogP contribution in [0.5, 0.6) is 23.0 Å². The number of amides is 1. The molecule has 0 saturated heterocycles. The lowest BCUT2D eigenvalue weighted by molar-refractivity contribution is -0.136. The van der Waals surface area contributed by atoms with Crippen molar-refractivity contribution in [2.75, 3.05) is 42.5 Å². The molecule has 0 aliphatic heterocycles. The molecule has 186 valence electrons. The molecule has 0 saturated carbocycles. The van der Waals surface area contributed by atoms with Crippen molar-refractivity contribution in [3.63, 3.8) is 0 Å². The van der Waals surface area contributed by atoms with Gasteiger partial charge >= 0.3 is 0 Å². The molecular weight excluding hydrogens is 450 g/mol. The first-order valence-corrected chi connectivity index (χ1v) is 10.8. The molecule has 0 heterocycles. The fourth-order valence-electron chi connectivity index (χ4n) is 3.20. The smallest absolute Gasteiger partial charge is 0.223 e. The van der Waals surface area contributed by atoms with Gasteiger partial charge in [-0.15, -0.1) is 0 Å². The summed E-state index contributed by atoms with van der Waals surface area (Å²) in [7, 11) is 9.25. The van der Waals surface area contributed by atoms with E-state index in [2.05, 4.69) is 0 Å². The summed E-state index contributed by atoms with van der Waals surface area (Å²) in [6.45, 7) is 0. The van der Waals surface area contributed by atoms with E-state index in [1.807, 2.05) is 0 Å². The molecule has 2 aromatic carbocycles. The van der Waals surface area contributed by atoms with E-state index in [0.29, 0.717) is 34.1 Å². The van der Waals surface area contributed by atoms with Crippen LogP contribution in [-0.2, 0) is 14.4 Å². The molecule has 0 atom stereocenters. The van der Waals surface area contributed by atoms with E-state index in [4.69, 9.17) is 18.9 Å². The normalized spacial score (nSPS) is 11.1. The monoisotopic (exact) mass is 481 g/mol. The summed E-state index contributed by atoms with van der Waals surface area (Å²) in [5.74, 6) is -0.296. The molecule has 0 aliphatic rings. The average Bonchev–Trinajstić information content (AvgIpc) is 2.88. The predicted molar refractivity (Wildman–Crippen MR) is 134 cm³/mol. The van der Waals surface area contributed by atoms with Gasteiger partial charge in [0.1, 0.15) is 0 Å². The van der Waals surface area contributed by atoms with E-state index >= 15 is 0 Å². The molecule has 0 radical (unpaired) electrons. The molecule has 0 bridgehead atoms. The molecule has 0 N–H and O–H groups in total. The summed E-state index contributed by atoms with van der Waals surface area (Å²) < 4.78 is 21.0. The first kappa shape index (κ1) is 27.2. The summed E-state index contributed by atoms with van der Waals surface area (Å²) in [6, 6.07) is 10.4. The third-order valence-corrected chi connectivity index (χ3v) is 5.26. The molecular formula is C27H31NO7. The molecule has 0 unspecified atom stereocenters. The molecule has 8 nitrogen and oxygen atoms in total. The Bertz CT molecular complexity index is 1040. The van der Waals surface area contributed by atoms with Crippen molar-refractivity contribution < 1.29 is 33.3 Å². The van der Waals surface area contributed by atoms with Gasteiger partial charge in [-0.3, -0.25) is 14.4 Å². The molecule has 0 spiro atoms. The number of carbonyl (C=O) groups is 3. The molecule has 8 heteroatoms. The molecule has 0 fully saturated rings. The molecule has 2 aromatic rings. The number of carbonyl (C=O) groups excluding carboxylic acids is 3. The molecule has 2 rings (SSSR count). The van der Waals surface area contributed by atoms with E-state index in [1.54, 1.807) is 62.6 Å². The Kier molecular flexibility index (Phi) is 10.1. The van der Waals surface area contributed by atoms with Gasteiger partial charge in [-0.05, 0) is 47.5 Å². The molecule has 1 amide bonds. The van der Waals surface area contributed by atoms with Crippen LogP contribution in [0.15, 0.2) is 48.6 Å². The van der Waals surface area contributed by atoms with Crippen molar-refractivity contribution in [1.82, 2.24) is 4.90 Å². The van der Waals surface area contributed by atoms with E-state index in [1.165, 1.54) is 45.5 Å². The summed E-state index contributed by atoms with van der Waals surface area (Å²) in [4.78, 5) is 39.7. The van der Waals surface area contributed by atoms with Crippen molar-refractivity contribution in [2.24, 2.45) is 5.92 Å². The maximum Gasteiger partial charge on any atom is 0.223 e. The van der Waals surface area contributed by atoms with Gasteiger partial charge in [0, 0.05) is 20.5 Å². The topological polar surface area (TPSA) is 91.4 Å². The second kappa shape index (κ2) is 13.0. The highest BCUT2D eigenvalue weighted by Crippen LogP contribution is 2.29. The van der Waals surface area contributed by atoms with E-state index in [0.717, 1.165) is 0 Å². The van der Waals surface area contributed by atoms with E-state index in [9.17, 15) is 14.4 Å². The van der Waals surface area contributed by atoms with Gasteiger partial charge < -0.3 is 23.8 Å². The number of rotatable bonds is 12. The zero-order valence-electron chi connectivity index (χ0n) is 20.9. The Balaban J connectivity index is 2.27. The number of nitrogens with zero attached hydrogens (tertiary/aromatic N) is 1. The fourth-order valence-corrected chi connectivity index (χ4v) is 3.20. The Labute approximate surface area is 205 Å². The Morgan fingerprint density at radius 2 is 1.11 bits per heavy atom. The van der Waals surface area contributed by atoms with Crippen LogP contribution in [0, 0.1) is 5.92 Å². The van der Waals surface area contributed by atoms with Gasteiger partial charge in [0.05, 0.1) is 34.4 Å². The number of hydrogen-bond acceptors (Lipinski definition) is 7. The van der Waals surface area contributed by atoms with Gasteiger partial charge in [0.2, 0.25) is 5.91 Å². The summed E-state index contributed by atoms with van der Waals surface area (Å²) in [5, 5.41) is 0. The maximum atomic E-state index is 13.0. The Hall–Kier alpha value is -4.07. The van der Waals surface area contributed by atoms with Crippen LogP contribution < -0.4 is 18.9 Å².